The van der Waals surface area contributed by atoms with Gasteiger partial charge in [0.05, 0.1) is 6.20 Å². The minimum Gasteiger partial charge on any atom is -0.334 e. The first-order valence-corrected chi connectivity index (χ1v) is 8.82. The zero-order chi connectivity index (χ0) is 17.0. The lowest BCUT2D eigenvalue weighted by Gasteiger charge is -2.02. The van der Waals surface area contributed by atoms with Crippen LogP contribution >= 0.6 is 0 Å². The van der Waals surface area contributed by atoms with Gasteiger partial charge in [0.2, 0.25) is 10.0 Å². The van der Waals surface area contributed by atoms with Gasteiger partial charge in [-0.2, -0.15) is 10.1 Å². The average molecular weight is 348 g/mol. The van der Waals surface area contributed by atoms with E-state index < -0.39 is 10.0 Å². The first-order valence-electron chi connectivity index (χ1n) is 7.33. The lowest BCUT2D eigenvalue weighted by Crippen LogP contribution is -2.26. The molecule has 0 bridgehead atoms. The fourth-order valence-electron chi connectivity index (χ4n) is 2.00. The zero-order valence-corrected chi connectivity index (χ0v) is 13.8. The number of pyridine rings is 1. The quantitative estimate of drug-likeness (QED) is 0.673. The Bertz CT molecular complexity index is 904. The molecule has 0 aliphatic rings. The second kappa shape index (κ2) is 6.89. The molecule has 0 saturated carbocycles. The normalized spacial score (nSPS) is 11.7. The number of hydrogen-bond donors (Lipinski definition) is 1. The number of sulfonamides is 1. The second-order valence-corrected chi connectivity index (χ2v) is 6.70. The van der Waals surface area contributed by atoms with E-state index in [1.807, 2.05) is 6.92 Å². The maximum atomic E-state index is 12.1. The average Bonchev–Trinajstić information content (AvgIpc) is 3.25. The summed E-state index contributed by atoms with van der Waals surface area (Å²) in [4.78, 5) is 8.29. The molecule has 9 nitrogen and oxygen atoms in total. The summed E-state index contributed by atoms with van der Waals surface area (Å²) in [6.45, 7) is 2.65. The van der Waals surface area contributed by atoms with Crippen molar-refractivity contribution in [1.82, 2.24) is 29.6 Å². The van der Waals surface area contributed by atoms with Crippen LogP contribution < -0.4 is 4.72 Å². The van der Waals surface area contributed by atoms with E-state index >= 15 is 0 Å². The van der Waals surface area contributed by atoms with Crippen molar-refractivity contribution in [3.63, 3.8) is 0 Å². The number of nitrogens with zero attached hydrogens (tertiary/aromatic N) is 5. The summed E-state index contributed by atoms with van der Waals surface area (Å²) in [5.74, 6) is 0.799. The predicted octanol–water partition coefficient (Wildman–Crippen LogP) is 0.869. The van der Waals surface area contributed by atoms with Crippen LogP contribution in [0, 0.1) is 0 Å². The monoisotopic (exact) mass is 348 g/mol. The summed E-state index contributed by atoms with van der Waals surface area (Å²) in [7, 11) is -3.59. The third-order valence-electron chi connectivity index (χ3n) is 3.28. The highest BCUT2D eigenvalue weighted by Gasteiger charge is 2.16. The van der Waals surface area contributed by atoms with E-state index in [1.165, 1.54) is 12.4 Å². The van der Waals surface area contributed by atoms with Gasteiger partial charge in [-0.15, -0.1) is 0 Å². The summed E-state index contributed by atoms with van der Waals surface area (Å²) in [6, 6.07) is 3.51. The molecule has 0 amide bonds. The van der Waals surface area contributed by atoms with Gasteiger partial charge in [-0.05, 0) is 19.1 Å². The largest absolute Gasteiger partial charge is 0.334 e. The molecular weight excluding hydrogens is 332 g/mol. The summed E-state index contributed by atoms with van der Waals surface area (Å²) in [5.41, 5.74) is 0.760. The first-order chi connectivity index (χ1) is 11.6. The molecule has 1 N–H and O–H groups in total. The molecule has 3 heterocycles. The van der Waals surface area contributed by atoms with E-state index in [9.17, 15) is 8.42 Å². The van der Waals surface area contributed by atoms with E-state index in [0.717, 1.165) is 5.56 Å². The van der Waals surface area contributed by atoms with Gasteiger partial charge in [0.1, 0.15) is 4.90 Å². The Morgan fingerprint density at radius 3 is 2.79 bits per heavy atom. The predicted molar refractivity (Wildman–Crippen MR) is 84.3 cm³/mol. The molecular formula is C14H16N6O3S. The third kappa shape index (κ3) is 3.66. The van der Waals surface area contributed by atoms with Gasteiger partial charge in [-0.3, -0.25) is 9.67 Å². The topological polar surface area (TPSA) is 116 Å². The lowest BCUT2D eigenvalue weighted by atomic mass is 10.3. The Morgan fingerprint density at radius 2 is 2.08 bits per heavy atom. The van der Waals surface area contributed by atoms with Crippen molar-refractivity contribution in [3.05, 3.63) is 42.7 Å². The molecule has 0 unspecified atom stereocenters. The van der Waals surface area contributed by atoms with Crippen molar-refractivity contribution in [3.8, 4) is 11.5 Å². The molecule has 3 aromatic heterocycles. The summed E-state index contributed by atoms with van der Waals surface area (Å²) in [5, 5.41) is 7.80. The van der Waals surface area contributed by atoms with Crippen LogP contribution in [-0.4, -0.2) is 39.9 Å². The number of aryl methyl sites for hydroxylation is 1. The molecule has 10 heteroatoms. The molecule has 24 heavy (non-hydrogen) atoms. The van der Waals surface area contributed by atoms with Crippen molar-refractivity contribution in [2.75, 3.05) is 6.54 Å². The van der Waals surface area contributed by atoms with Crippen LogP contribution in [0.15, 0.2) is 46.3 Å². The van der Waals surface area contributed by atoms with Gasteiger partial charge in [0.15, 0.2) is 5.82 Å². The van der Waals surface area contributed by atoms with Crippen LogP contribution in [0.2, 0.25) is 0 Å². The van der Waals surface area contributed by atoms with Crippen molar-refractivity contribution in [2.24, 2.45) is 0 Å². The third-order valence-corrected chi connectivity index (χ3v) is 4.70. The van der Waals surface area contributed by atoms with Gasteiger partial charge in [0, 0.05) is 43.7 Å². The Morgan fingerprint density at radius 1 is 1.29 bits per heavy atom. The lowest BCUT2D eigenvalue weighted by molar-refractivity contribution is 0.422. The van der Waals surface area contributed by atoms with Crippen molar-refractivity contribution in [2.45, 2.75) is 24.8 Å². The molecule has 0 radical (unpaired) electrons. The van der Waals surface area contributed by atoms with E-state index in [4.69, 9.17) is 4.52 Å². The number of aromatic nitrogens is 5. The van der Waals surface area contributed by atoms with Crippen molar-refractivity contribution >= 4 is 10.0 Å². The number of nitrogens with one attached hydrogen (secondary N) is 1. The van der Waals surface area contributed by atoms with Gasteiger partial charge in [-0.25, -0.2) is 13.1 Å². The van der Waals surface area contributed by atoms with Gasteiger partial charge >= 0.3 is 0 Å². The highest BCUT2D eigenvalue weighted by atomic mass is 32.2. The second-order valence-electron chi connectivity index (χ2n) is 4.93. The Kier molecular flexibility index (Phi) is 4.67. The van der Waals surface area contributed by atoms with Crippen LogP contribution in [0.1, 0.15) is 12.7 Å². The smallest absolute Gasteiger partial charge is 0.258 e. The Balaban J connectivity index is 1.59. The molecule has 0 aliphatic heterocycles. The van der Waals surface area contributed by atoms with Crippen LogP contribution in [-0.2, 0) is 23.0 Å². The Hall–Kier alpha value is -2.59. The van der Waals surface area contributed by atoms with Crippen molar-refractivity contribution < 1.29 is 12.9 Å². The standard InChI is InChI=1S/C14H16N6O3S/c1-2-20-10-12(9-16-20)24(21,22)17-8-5-13-18-14(23-19-13)11-3-6-15-7-4-11/h3-4,6-7,9-10,17H,2,5,8H2,1H3. The number of rotatable bonds is 7. The molecule has 0 spiro atoms. The van der Waals surface area contributed by atoms with E-state index in [2.05, 4.69) is 24.9 Å². The van der Waals surface area contributed by atoms with E-state index in [1.54, 1.807) is 29.2 Å². The molecule has 0 aliphatic carbocycles. The highest BCUT2D eigenvalue weighted by molar-refractivity contribution is 7.89. The summed E-state index contributed by atoms with van der Waals surface area (Å²) >= 11 is 0. The zero-order valence-electron chi connectivity index (χ0n) is 13.0. The van der Waals surface area contributed by atoms with Gasteiger partial charge in [0.25, 0.3) is 5.89 Å². The van der Waals surface area contributed by atoms with Crippen LogP contribution in [0.5, 0.6) is 0 Å². The summed E-state index contributed by atoms with van der Waals surface area (Å²) in [6.07, 6.45) is 6.38. The Labute approximate surface area is 138 Å². The minimum absolute atomic E-state index is 0.134. The maximum Gasteiger partial charge on any atom is 0.258 e. The molecule has 0 fully saturated rings. The highest BCUT2D eigenvalue weighted by Crippen LogP contribution is 2.15. The molecule has 3 aromatic rings. The molecule has 3 rings (SSSR count). The van der Waals surface area contributed by atoms with Crippen LogP contribution in [0.4, 0.5) is 0 Å². The molecule has 0 saturated heterocycles. The number of hydrogen-bond acceptors (Lipinski definition) is 7. The van der Waals surface area contributed by atoms with E-state index in [0.29, 0.717) is 24.7 Å². The SMILES string of the molecule is CCn1cc(S(=O)(=O)NCCc2noc(-c3ccncc3)n2)cn1. The summed E-state index contributed by atoms with van der Waals surface area (Å²) < 4.78 is 33.5. The molecule has 0 atom stereocenters. The maximum absolute atomic E-state index is 12.1. The van der Waals surface area contributed by atoms with Crippen molar-refractivity contribution in [1.29, 1.82) is 0 Å². The van der Waals surface area contributed by atoms with Crippen LogP contribution in [0.3, 0.4) is 0 Å². The molecule has 126 valence electrons. The fourth-order valence-corrected chi connectivity index (χ4v) is 2.99. The van der Waals surface area contributed by atoms with Crippen LogP contribution in [0.25, 0.3) is 11.5 Å². The first kappa shape index (κ1) is 16.3. The van der Waals surface area contributed by atoms with E-state index in [-0.39, 0.29) is 11.4 Å². The molecule has 0 aromatic carbocycles. The fraction of sp³-hybridized carbons (Fsp3) is 0.286. The minimum atomic E-state index is -3.59. The van der Waals surface area contributed by atoms with Gasteiger partial charge in [-0.1, -0.05) is 5.16 Å². The van der Waals surface area contributed by atoms with Gasteiger partial charge < -0.3 is 4.52 Å².